The number of ether oxygens (including phenoxy) is 4. The zero-order chi connectivity index (χ0) is 49.1. The van der Waals surface area contributed by atoms with E-state index in [0.717, 1.165) is 51.4 Å². The van der Waals surface area contributed by atoms with E-state index < -0.39 is 0 Å². The van der Waals surface area contributed by atoms with Crippen molar-refractivity contribution in [3.05, 3.63) is 0 Å². The number of unbranched alkanes of at least 4 members (excludes halogenated alkanes) is 29. The largest absolute Gasteiger partial charge is 0.462 e. The monoisotopic (exact) mass is 947 g/mol. The Balaban J connectivity index is 0.000000448. The Morgan fingerprint density at radius 3 is 0.821 bits per heavy atom. The minimum atomic E-state index is -0.138. The van der Waals surface area contributed by atoms with Gasteiger partial charge in [0.25, 0.3) is 0 Å². The van der Waals surface area contributed by atoms with Gasteiger partial charge in [0.05, 0.1) is 0 Å². The fourth-order valence-electron chi connectivity index (χ4n) is 9.86. The van der Waals surface area contributed by atoms with Crippen LogP contribution in [0.5, 0.6) is 0 Å². The summed E-state index contributed by atoms with van der Waals surface area (Å²) in [5, 5.41) is 0. The molecule has 394 valence electrons. The highest BCUT2D eigenvalue weighted by Gasteiger charge is 2.35. The summed E-state index contributed by atoms with van der Waals surface area (Å²) in [5.74, 6) is -0.00655. The Bertz CT molecular complexity index is 1200. The lowest BCUT2D eigenvalue weighted by Crippen LogP contribution is -2.23. The highest BCUT2D eigenvalue weighted by Crippen LogP contribution is 2.32. The maximum atomic E-state index is 11.0. The number of esters is 4. The third-order valence-corrected chi connectivity index (χ3v) is 14.5. The highest BCUT2D eigenvalue weighted by molar-refractivity contribution is 5.73. The van der Waals surface area contributed by atoms with Crippen molar-refractivity contribution >= 4 is 23.9 Å². The molecule has 4 atom stereocenters. The molecule has 0 radical (unpaired) electrons. The van der Waals surface area contributed by atoms with Crippen molar-refractivity contribution in [2.45, 2.75) is 354 Å². The molecule has 0 aromatic carbocycles. The predicted octanol–water partition coefficient (Wildman–Crippen LogP) is 18.1. The first-order valence-corrected chi connectivity index (χ1v) is 29.3. The topological polar surface area (TPSA) is 105 Å². The molecule has 0 aliphatic carbocycles. The van der Waals surface area contributed by atoms with Crippen LogP contribution in [0.1, 0.15) is 330 Å². The Kier molecular flexibility index (Phi) is 40.1. The van der Waals surface area contributed by atoms with E-state index in [0.29, 0.717) is 25.7 Å². The second-order valence-corrected chi connectivity index (χ2v) is 21.5. The Morgan fingerprint density at radius 1 is 0.343 bits per heavy atom. The van der Waals surface area contributed by atoms with Crippen molar-refractivity contribution in [2.75, 3.05) is 0 Å². The lowest BCUT2D eigenvalue weighted by atomic mass is 9.95. The van der Waals surface area contributed by atoms with E-state index in [-0.39, 0.29) is 47.3 Å². The van der Waals surface area contributed by atoms with Crippen molar-refractivity contribution in [3.8, 4) is 0 Å². The molecule has 0 spiro atoms. The minimum Gasteiger partial charge on any atom is -0.462 e. The van der Waals surface area contributed by atoms with Gasteiger partial charge in [0.15, 0.2) is 0 Å². The molecular weight excluding hydrogens is 837 g/mol. The van der Waals surface area contributed by atoms with Crippen LogP contribution in [0.2, 0.25) is 0 Å². The summed E-state index contributed by atoms with van der Waals surface area (Å²) in [6, 6.07) is 0. The van der Waals surface area contributed by atoms with Crippen molar-refractivity contribution < 1.29 is 38.1 Å². The van der Waals surface area contributed by atoms with Gasteiger partial charge in [0.2, 0.25) is 0 Å². The summed E-state index contributed by atoms with van der Waals surface area (Å²) in [7, 11) is 0. The summed E-state index contributed by atoms with van der Waals surface area (Å²) in [5.41, 5.74) is -0.275. The molecule has 0 aromatic rings. The molecule has 4 fully saturated rings. The number of hydrogen-bond donors (Lipinski definition) is 0. The average Bonchev–Trinajstić information content (AvgIpc) is 4.10. The molecule has 8 nitrogen and oxygen atoms in total. The molecule has 0 amide bonds. The number of carbonyl (C=O) groups excluding carboxylic acids is 4. The van der Waals surface area contributed by atoms with E-state index in [2.05, 4.69) is 41.5 Å². The molecule has 67 heavy (non-hydrogen) atoms. The lowest BCUT2D eigenvalue weighted by Gasteiger charge is -2.22. The SMILES string of the molecule is CCCCCCCCC1(C)CCC(=O)O1.CCCCCCCCCC1(C)CCC(=O)O1.CCCCCCCCCCCC1CCC(=O)O1.CCCCCCCCCCCCCC1CCC(=O)O1. The van der Waals surface area contributed by atoms with Crippen LogP contribution in [0, 0.1) is 0 Å². The number of hydrogen-bond acceptors (Lipinski definition) is 8. The van der Waals surface area contributed by atoms with Crippen molar-refractivity contribution in [1.82, 2.24) is 0 Å². The van der Waals surface area contributed by atoms with Crippen LogP contribution in [-0.4, -0.2) is 47.3 Å². The number of rotatable bonds is 37. The fraction of sp³-hybridized carbons (Fsp3) is 0.932. The first-order chi connectivity index (χ1) is 32.5. The van der Waals surface area contributed by atoms with E-state index in [1.165, 1.54) is 212 Å². The molecule has 8 heteroatoms. The van der Waals surface area contributed by atoms with E-state index in [1.54, 1.807) is 0 Å². The smallest absolute Gasteiger partial charge is 0.306 e. The van der Waals surface area contributed by atoms with Crippen molar-refractivity contribution in [1.29, 1.82) is 0 Å². The van der Waals surface area contributed by atoms with Crippen LogP contribution in [0.25, 0.3) is 0 Å². The van der Waals surface area contributed by atoms with Gasteiger partial charge in [-0.1, -0.05) is 214 Å². The highest BCUT2D eigenvalue weighted by atomic mass is 16.6. The zero-order valence-corrected chi connectivity index (χ0v) is 45.2. The molecule has 0 N–H and O–H groups in total. The normalized spacial score (nSPS) is 21.9. The van der Waals surface area contributed by atoms with Crippen LogP contribution in [0.15, 0.2) is 0 Å². The van der Waals surface area contributed by atoms with E-state index in [1.807, 2.05) is 0 Å². The Morgan fingerprint density at radius 2 is 0.597 bits per heavy atom. The molecule has 4 aliphatic heterocycles. The molecule has 0 saturated carbocycles. The fourth-order valence-corrected chi connectivity index (χ4v) is 9.86. The Labute approximate surface area is 414 Å². The van der Waals surface area contributed by atoms with Crippen LogP contribution in [-0.2, 0) is 38.1 Å². The summed E-state index contributed by atoms with van der Waals surface area (Å²) in [4.78, 5) is 43.9. The molecular formula is C59H110O8. The van der Waals surface area contributed by atoms with Crippen LogP contribution < -0.4 is 0 Å². The standard InChI is InChI=1S/C17H32O2.C15H28O2.C14H26O2.C13H24O2/c1-2-3-4-5-6-7-8-9-10-11-12-13-16-14-15-17(18)19-16;1-2-3-4-5-6-7-8-9-10-11-14-12-13-15(16)17-14;1-3-4-5-6-7-8-9-11-14(2)12-10-13(15)16-14;1-3-4-5-6-7-8-10-13(2)11-9-12(14)15-13/h16H,2-15H2,1H3;14H,2-13H2,1H3;3-12H2,1-2H3;3-11H2,1-2H3. The van der Waals surface area contributed by atoms with Gasteiger partial charge in [0.1, 0.15) is 23.4 Å². The van der Waals surface area contributed by atoms with Gasteiger partial charge < -0.3 is 18.9 Å². The molecule has 4 saturated heterocycles. The summed E-state index contributed by atoms with van der Waals surface area (Å²) in [6.07, 6.45) is 55.5. The summed E-state index contributed by atoms with van der Waals surface area (Å²) in [6.45, 7) is 13.2. The number of carbonyl (C=O) groups is 4. The van der Waals surface area contributed by atoms with Gasteiger partial charge in [-0.3, -0.25) is 19.2 Å². The second kappa shape index (κ2) is 42.7. The Hall–Kier alpha value is -2.12. The zero-order valence-electron chi connectivity index (χ0n) is 45.2. The summed E-state index contributed by atoms with van der Waals surface area (Å²) < 4.78 is 21.1. The molecule has 4 rings (SSSR count). The first kappa shape index (κ1) is 62.9. The van der Waals surface area contributed by atoms with Crippen LogP contribution in [0.3, 0.4) is 0 Å². The minimum absolute atomic E-state index is 0.00549. The quantitative estimate of drug-likeness (QED) is 0.0344. The summed E-state index contributed by atoms with van der Waals surface area (Å²) >= 11 is 0. The molecule has 4 heterocycles. The van der Waals surface area contributed by atoms with Gasteiger partial charge in [-0.15, -0.1) is 0 Å². The predicted molar refractivity (Wildman–Crippen MR) is 279 cm³/mol. The molecule has 4 unspecified atom stereocenters. The van der Waals surface area contributed by atoms with Gasteiger partial charge in [0, 0.05) is 25.7 Å². The van der Waals surface area contributed by atoms with Crippen LogP contribution in [0.4, 0.5) is 0 Å². The molecule has 4 aliphatic rings. The third-order valence-electron chi connectivity index (χ3n) is 14.5. The maximum absolute atomic E-state index is 11.0. The van der Waals surface area contributed by atoms with Gasteiger partial charge >= 0.3 is 23.9 Å². The van der Waals surface area contributed by atoms with Gasteiger partial charge in [-0.2, -0.15) is 0 Å². The van der Waals surface area contributed by atoms with Gasteiger partial charge in [-0.25, -0.2) is 0 Å². The van der Waals surface area contributed by atoms with E-state index in [9.17, 15) is 19.2 Å². The lowest BCUT2D eigenvalue weighted by molar-refractivity contribution is -0.148. The maximum Gasteiger partial charge on any atom is 0.306 e. The molecule has 0 bridgehead atoms. The van der Waals surface area contributed by atoms with E-state index in [4.69, 9.17) is 18.9 Å². The molecule has 0 aromatic heterocycles. The average molecular weight is 948 g/mol. The van der Waals surface area contributed by atoms with Gasteiger partial charge in [-0.05, 0) is 90.9 Å². The number of cyclic esters (lactones) is 4. The van der Waals surface area contributed by atoms with Crippen molar-refractivity contribution in [3.63, 3.8) is 0 Å². The van der Waals surface area contributed by atoms with Crippen molar-refractivity contribution in [2.24, 2.45) is 0 Å². The first-order valence-electron chi connectivity index (χ1n) is 29.3. The van der Waals surface area contributed by atoms with Crippen LogP contribution >= 0.6 is 0 Å². The van der Waals surface area contributed by atoms with E-state index >= 15 is 0 Å². The second-order valence-electron chi connectivity index (χ2n) is 21.5. The third kappa shape index (κ3) is 37.4.